The van der Waals surface area contributed by atoms with Crippen molar-refractivity contribution >= 4 is 5.91 Å². The molecule has 0 bridgehead atoms. The van der Waals surface area contributed by atoms with Gasteiger partial charge in [0.25, 0.3) is 0 Å². The first-order valence-electron chi connectivity index (χ1n) is 6.88. The Balaban J connectivity index is 1.72. The molecule has 4 heteroatoms. The summed E-state index contributed by atoms with van der Waals surface area (Å²) in [5, 5.41) is 3.26. The van der Waals surface area contributed by atoms with Gasteiger partial charge in [-0.3, -0.25) is 4.79 Å². The van der Waals surface area contributed by atoms with Crippen LogP contribution in [0, 0.1) is 11.8 Å². The van der Waals surface area contributed by atoms with Crippen molar-refractivity contribution in [2.45, 2.75) is 26.2 Å². The number of piperidine rings is 1. The van der Waals surface area contributed by atoms with Gasteiger partial charge in [0, 0.05) is 32.8 Å². The number of amides is 1. The normalized spacial score (nSPS) is 26.4. The van der Waals surface area contributed by atoms with Crippen LogP contribution in [-0.4, -0.2) is 50.2 Å². The SMILES string of the molecule is CCOCC1CCN(C(=O)C2CCNC2)CC1. The molecule has 2 aliphatic rings. The first-order chi connectivity index (χ1) is 8.31. The molecule has 0 aromatic rings. The van der Waals surface area contributed by atoms with Crippen molar-refractivity contribution in [2.75, 3.05) is 39.4 Å². The zero-order chi connectivity index (χ0) is 12.1. The van der Waals surface area contributed by atoms with E-state index in [-0.39, 0.29) is 5.92 Å². The lowest BCUT2D eigenvalue weighted by atomic mass is 9.96. The first-order valence-corrected chi connectivity index (χ1v) is 6.88. The van der Waals surface area contributed by atoms with E-state index in [4.69, 9.17) is 4.74 Å². The Morgan fingerprint density at radius 1 is 1.35 bits per heavy atom. The number of carbonyl (C=O) groups excluding carboxylic acids is 1. The van der Waals surface area contributed by atoms with Crippen molar-refractivity contribution in [1.82, 2.24) is 10.2 Å². The summed E-state index contributed by atoms with van der Waals surface area (Å²) in [7, 11) is 0. The molecule has 0 aromatic carbocycles. The van der Waals surface area contributed by atoms with Crippen molar-refractivity contribution in [2.24, 2.45) is 11.8 Å². The minimum atomic E-state index is 0.235. The summed E-state index contributed by atoms with van der Waals surface area (Å²) < 4.78 is 5.46. The lowest BCUT2D eigenvalue weighted by molar-refractivity contribution is -0.136. The van der Waals surface area contributed by atoms with Gasteiger partial charge < -0.3 is 15.0 Å². The number of nitrogens with zero attached hydrogens (tertiary/aromatic N) is 1. The van der Waals surface area contributed by atoms with Gasteiger partial charge in [0.15, 0.2) is 0 Å². The summed E-state index contributed by atoms with van der Waals surface area (Å²) in [6.45, 7) is 7.41. The molecule has 1 N–H and O–H groups in total. The third-order valence-corrected chi connectivity index (χ3v) is 3.89. The van der Waals surface area contributed by atoms with E-state index in [1.165, 1.54) is 0 Å². The van der Waals surface area contributed by atoms with Crippen LogP contribution in [0.2, 0.25) is 0 Å². The molecule has 2 aliphatic heterocycles. The largest absolute Gasteiger partial charge is 0.381 e. The summed E-state index contributed by atoms with van der Waals surface area (Å²) in [5.74, 6) is 1.25. The smallest absolute Gasteiger partial charge is 0.227 e. The molecular weight excluding hydrogens is 216 g/mol. The molecule has 2 rings (SSSR count). The molecule has 2 saturated heterocycles. The summed E-state index contributed by atoms with van der Waals surface area (Å²) in [6, 6.07) is 0. The van der Waals surface area contributed by atoms with E-state index < -0.39 is 0 Å². The van der Waals surface area contributed by atoms with Gasteiger partial charge in [-0.25, -0.2) is 0 Å². The fourth-order valence-electron chi connectivity index (χ4n) is 2.73. The molecule has 17 heavy (non-hydrogen) atoms. The van der Waals surface area contributed by atoms with Crippen LogP contribution >= 0.6 is 0 Å². The maximum Gasteiger partial charge on any atom is 0.227 e. The van der Waals surface area contributed by atoms with E-state index in [1.807, 2.05) is 6.92 Å². The average Bonchev–Trinajstić information content (AvgIpc) is 2.90. The minimum Gasteiger partial charge on any atom is -0.381 e. The highest BCUT2D eigenvalue weighted by atomic mass is 16.5. The maximum absolute atomic E-state index is 12.2. The number of likely N-dealkylation sites (tertiary alicyclic amines) is 1. The fraction of sp³-hybridized carbons (Fsp3) is 0.923. The van der Waals surface area contributed by atoms with Crippen molar-refractivity contribution < 1.29 is 9.53 Å². The second-order valence-corrected chi connectivity index (χ2v) is 5.12. The molecular formula is C13H24N2O2. The highest BCUT2D eigenvalue weighted by molar-refractivity contribution is 5.79. The van der Waals surface area contributed by atoms with E-state index in [0.29, 0.717) is 11.8 Å². The number of hydrogen-bond acceptors (Lipinski definition) is 3. The molecule has 2 heterocycles. The summed E-state index contributed by atoms with van der Waals surface area (Å²) in [4.78, 5) is 14.2. The zero-order valence-corrected chi connectivity index (χ0v) is 10.8. The van der Waals surface area contributed by atoms with Crippen LogP contribution in [0.5, 0.6) is 0 Å². The van der Waals surface area contributed by atoms with Crippen LogP contribution in [0.3, 0.4) is 0 Å². The molecule has 98 valence electrons. The zero-order valence-electron chi connectivity index (χ0n) is 10.8. The number of carbonyl (C=O) groups is 1. The van der Waals surface area contributed by atoms with Crippen molar-refractivity contribution in [3.8, 4) is 0 Å². The Morgan fingerprint density at radius 2 is 2.12 bits per heavy atom. The Hall–Kier alpha value is -0.610. The molecule has 0 aliphatic carbocycles. The van der Waals surface area contributed by atoms with Gasteiger partial charge >= 0.3 is 0 Å². The standard InChI is InChI=1S/C13H24N2O2/c1-2-17-10-11-4-7-15(8-5-11)13(16)12-3-6-14-9-12/h11-12,14H,2-10H2,1H3. The van der Waals surface area contributed by atoms with E-state index in [2.05, 4.69) is 10.2 Å². The van der Waals surface area contributed by atoms with Gasteiger partial charge in [-0.2, -0.15) is 0 Å². The van der Waals surface area contributed by atoms with Crippen LogP contribution in [0.25, 0.3) is 0 Å². The second-order valence-electron chi connectivity index (χ2n) is 5.12. The highest BCUT2D eigenvalue weighted by Crippen LogP contribution is 2.20. The van der Waals surface area contributed by atoms with E-state index in [0.717, 1.165) is 58.7 Å². The number of rotatable bonds is 4. The predicted molar refractivity (Wildman–Crippen MR) is 66.8 cm³/mol. The van der Waals surface area contributed by atoms with Crippen molar-refractivity contribution in [3.63, 3.8) is 0 Å². The Kier molecular flexibility index (Phi) is 4.80. The lowest BCUT2D eigenvalue weighted by Crippen LogP contribution is -2.43. The van der Waals surface area contributed by atoms with Gasteiger partial charge in [-0.15, -0.1) is 0 Å². The van der Waals surface area contributed by atoms with Gasteiger partial charge in [0.05, 0.1) is 5.92 Å². The Labute approximate surface area is 104 Å². The van der Waals surface area contributed by atoms with Crippen molar-refractivity contribution in [3.05, 3.63) is 0 Å². The molecule has 1 unspecified atom stereocenters. The molecule has 2 fully saturated rings. The van der Waals surface area contributed by atoms with Gasteiger partial charge in [-0.05, 0) is 38.6 Å². The van der Waals surface area contributed by atoms with Gasteiger partial charge in [-0.1, -0.05) is 0 Å². The van der Waals surface area contributed by atoms with Crippen molar-refractivity contribution in [1.29, 1.82) is 0 Å². The Morgan fingerprint density at radius 3 is 2.71 bits per heavy atom. The van der Waals surface area contributed by atoms with Crippen LogP contribution in [-0.2, 0) is 9.53 Å². The average molecular weight is 240 g/mol. The van der Waals surface area contributed by atoms with Crippen LogP contribution in [0.1, 0.15) is 26.2 Å². The minimum absolute atomic E-state index is 0.235. The topological polar surface area (TPSA) is 41.6 Å². The summed E-state index contributed by atoms with van der Waals surface area (Å²) >= 11 is 0. The maximum atomic E-state index is 12.2. The monoisotopic (exact) mass is 240 g/mol. The quantitative estimate of drug-likeness (QED) is 0.793. The molecule has 0 saturated carbocycles. The van der Waals surface area contributed by atoms with Gasteiger partial charge in [0.1, 0.15) is 0 Å². The van der Waals surface area contributed by atoms with Crippen LogP contribution < -0.4 is 5.32 Å². The summed E-state index contributed by atoms with van der Waals surface area (Å²) in [6.07, 6.45) is 3.22. The molecule has 1 amide bonds. The Bertz CT molecular complexity index is 244. The molecule has 4 nitrogen and oxygen atoms in total. The molecule has 0 radical (unpaired) electrons. The number of nitrogens with one attached hydrogen (secondary N) is 1. The third kappa shape index (κ3) is 3.42. The van der Waals surface area contributed by atoms with E-state index >= 15 is 0 Å². The number of ether oxygens (including phenoxy) is 1. The third-order valence-electron chi connectivity index (χ3n) is 3.89. The van der Waals surface area contributed by atoms with Crippen LogP contribution in [0.15, 0.2) is 0 Å². The lowest BCUT2D eigenvalue weighted by Gasteiger charge is -2.33. The number of hydrogen-bond donors (Lipinski definition) is 1. The molecule has 1 atom stereocenters. The van der Waals surface area contributed by atoms with E-state index in [9.17, 15) is 4.79 Å². The molecule has 0 spiro atoms. The van der Waals surface area contributed by atoms with Gasteiger partial charge in [0.2, 0.25) is 5.91 Å². The first kappa shape index (κ1) is 12.8. The van der Waals surface area contributed by atoms with Crippen LogP contribution in [0.4, 0.5) is 0 Å². The second kappa shape index (κ2) is 6.36. The molecule has 0 aromatic heterocycles. The fourth-order valence-corrected chi connectivity index (χ4v) is 2.73. The highest BCUT2D eigenvalue weighted by Gasteiger charge is 2.29. The predicted octanol–water partition coefficient (Wildman–Crippen LogP) is 0.871. The van der Waals surface area contributed by atoms with E-state index in [1.54, 1.807) is 0 Å². The summed E-state index contributed by atoms with van der Waals surface area (Å²) in [5.41, 5.74) is 0.